The number of halogens is 1. The van der Waals surface area contributed by atoms with Crippen LogP contribution >= 0.6 is 23.4 Å². The molecule has 1 fully saturated rings. The molecule has 19 heavy (non-hydrogen) atoms. The summed E-state index contributed by atoms with van der Waals surface area (Å²) in [6, 6.07) is 7.57. The van der Waals surface area contributed by atoms with Crippen molar-refractivity contribution in [3.8, 4) is 0 Å². The number of benzene rings is 1. The number of nitrogens with one attached hydrogen (secondary N) is 1. The molecule has 2 rings (SSSR count). The summed E-state index contributed by atoms with van der Waals surface area (Å²) in [6.07, 6.45) is 2.30. The number of hydrogen-bond donors (Lipinski definition) is 1. The van der Waals surface area contributed by atoms with Gasteiger partial charge in [0.25, 0.3) is 0 Å². The van der Waals surface area contributed by atoms with Gasteiger partial charge in [-0.2, -0.15) is 0 Å². The van der Waals surface area contributed by atoms with E-state index in [-0.39, 0.29) is 17.3 Å². The summed E-state index contributed by atoms with van der Waals surface area (Å²) in [6.45, 7) is 3.30. The molecule has 1 heterocycles. The zero-order chi connectivity index (χ0) is 13.7. The molecule has 1 saturated heterocycles. The summed E-state index contributed by atoms with van der Waals surface area (Å²) in [7, 11) is 0. The van der Waals surface area contributed by atoms with Crippen molar-refractivity contribution in [1.29, 1.82) is 0 Å². The molecule has 0 aliphatic carbocycles. The Hall–Kier alpha value is -0.710. The second-order valence-electron chi connectivity index (χ2n) is 4.57. The highest BCUT2D eigenvalue weighted by Crippen LogP contribution is 2.29. The van der Waals surface area contributed by atoms with Gasteiger partial charge in [0.15, 0.2) is 0 Å². The average Bonchev–Trinajstić information content (AvgIpc) is 2.91. The third kappa shape index (κ3) is 4.41. The van der Waals surface area contributed by atoms with Crippen LogP contribution in [0.5, 0.6) is 0 Å². The first kappa shape index (κ1) is 14.7. The molecule has 2 unspecified atom stereocenters. The van der Waals surface area contributed by atoms with Crippen LogP contribution < -0.4 is 5.32 Å². The van der Waals surface area contributed by atoms with Crippen LogP contribution in [0.25, 0.3) is 0 Å². The van der Waals surface area contributed by atoms with Crippen LogP contribution in [-0.4, -0.2) is 30.4 Å². The van der Waals surface area contributed by atoms with E-state index < -0.39 is 0 Å². The van der Waals surface area contributed by atoms with E-state index in [4.69, 9.17) is 16.3 Å². The molecular formula is C14H18ClNO2S. The Kier molecular flexibility index (Phi) is 5.55. The van der Waals surface area contributed by atoms with Crippen molar-refractivity contribution in [3.63, 3.8) is 0 Å². The molecule has 1 aromatic rings. The molecule has 0 bridgehead atoms. The van der Waals surface area contributed by atoms with E-state index in [0.29, 0.717) is 11.6 Å². The fourth-order valence-corrected chi connectivity index (χ4v) is 3.13. The van der Waals surface area contributed by atoms with Gasteiger partial charge < -0.3 is 10.1 Å². The van der Waals surface area contributed by atoms with Crippen molar-refractivity contribution in [1.82, 2.24) is 5.32 Å². The number of hydrogen-bond acceptors (Lipinski definition) is 3. The van der Waals surface area contributed by atoms with Gasteiger partial charge in [-0.3, -0.25) is 4.79 Å². The summed E-state index contributed by atoms with van der Waals surface area (Å²) in [4.78, 5) is 12.9. The molecule has 0 aromatic heterocycles. The van der Waals surface area contributed by atoms with Gasteiger partial charge in [-0.25, -0.2) is 0 Å². The molecule has 0 saturated carbocycles. The van der Waals surface area contributed by atoms with Crippen LogP contribution in [0.1, 0.15) is 19.8 Å². The van der Waals surface area contributed by atoms with Crippen LogP contribution in [0.4, 0.5) is 0 Å². The fourth-order valence-electron chi connectivity index (χ4n) is 1.95. The van der Waals surface area contributed by atoms with E-state index in [1.165, 1.54) is 11.8 Å². The van der Waals surface area contributed by atoms with Gasteiger partial charge in [-0.15, -0.1) is 11.8 Å². The van der Waals surface area contributed by atoms with Crippen molar-refractivity contribution >= 4 is 29.3 Å². The van der Waals surface area contributed by atoms with E-state index in [1.54, 1.807) is 0 Å². The minimum absolute atomic E-state index is 0.0282. The molecule has 0 radical (unpaired) electrons. The third-order valence-corrected chi connectivity index (χ3v) is 4.66. The van der Waals surface area contributed by atoms with Gasteiger partial charge in [-0.1, -0.05) is 23.7 Å². The quantitative estimate of drug-likeness (QED) is 0.849. The first-order valence-electron chi connectivity index (χ1n) is 6.47. The SMILES string of the molecule is CC(Sc1ccccc1Cl)C(=O)NCC1CCCO1. The molecule has 2 atom stereocenters. The van der Waals surface area contributed by atoms with Crippen molar-refractivity contribution < 1.29 is 9.53 Å². The summed E-state index contributed by atoms with van der Waals surface area (Å²) < 4.78 is 5.48. The number of carbonyl (C=O) groups excluding carboxylic acids is 1. The molecular weight excluding hydrogens is 282 g/mol. The Bertz CT molecular complexity index is 435. The maximum absolute atomic E-state index is 12.0. The van der Waals surface area contributed by atoms with E-state index in [2.05, 4.69) is 5.32 Å². The lowest BCUT2D eigenvalue weighted by atomic mass is 10.2. The number of ether oxygens (including phenoxy) is 1. The Morgan fingerprint density at radius 3 is 3.05 bits per heavy atom. The second kappa shape index (κ2) is 7.17. The summed E-state index contributed by atoms with van der Waals surface area (Å²) >= 11 is 7.56. The van der Waals surface area contributed by atoms with Crippen LogP contribution in [-0.2, 0) is 9.53 Å². The average molecular weight is 300 g/mol. The monoisotopic (exact) mass is 299 g/mol. The fraction of sp³-hybridized carbons (Fsp3) is 0.500. The summed E-state index contributed by atoms with van der Waals surface area (Å²) in [5, 5.41) is 3.46. The molecule has 1 aliphatic heterocycles. The van der Waals surface area contributed by atoms with Crippen molar-refractivity contribution in [2.45, 2.75) is 36.0 Å². The predicted octanol–water partition coefficient (Wildman–Crippen LogP) is 3.12. The van der Waals surface area contributed by atoms with Gasteiger partial charge >= 0.3 is 0 Å². The molecule has 0 spiro atoms. The normalized spacial score (nSPS) is 20.2. The number of carbonyl (C=O) groups is 1. The number of amides is 1. The van der Waals surface area contributed by atoms with Gasteiger partial charge in [0.1, 0.15) is 0 Å². The Morgan fingerprint density at radius 1 is 1.58 bits per heavy atom. The summed E-state index contributed by atoms with van der Waals surface area (Å²) in [5.74, 6) is 0.0282. The smallest absolute Gasteiger partial charge is 0.233 e. The topological polar surface area (TPSA) is 38.3 Å². The highest BCUT2D eigenvalue weighted by molar-refractivity contribution is 8.00. The lowest BCUT2D eigenvalue weighted by molar-refractivity contribution is -0.120. The van der Waals surface area contributed by atoms with Gasteiger partial charge in [0.05, 0.1) is 16.4 Å². The van der Waals surface area contributed by atoms with Crippen molar-refractivity contribution in [3.05, 3.63) is 29.3 Å². The third-order valence-electron chi connectivity index (χ3n) is 3.04. The molecule has 1 aromatic carbocycles. The highest BCUT2D eigenvalue weighted by atomic mass is 35.5. The Balaban J connectivity index is 1.80. The molecule has 5 heteroatoms. The zero-order valence-corrected chi connectivity index (χ0v) is 12.5. The van der Waals surface area contributed by atoms with E-state index >= 15 is 0 Å². The molecule has 3 nitrogen and oxygen atoms in total. The lowest BCUT2D eigenvalue weighted by Gasteiger charge is -2.15. The van der Waals surface area contributed by atoms with Crippen LogP contribution in [0.15, 0.2) is 29.2 Å². The van der Waals surface area contributed by atoms with Crippen molar-refractivity contribution in [2.24, 2.45) is 0 Å². The largest absolute Gasteiger partial charge is 0.376 e. The Morgan fingerprint density at radius 2 is 2.37 bits per heavy atom. The summed E-state index contributed by atoms with van der Waals surface area (Å²) in [5.41, 5.74) is 0. The van der Waals surface area contributed by atoms with Crippen LogP contribution in [0, 0.1) is 0 Å². The van der Waals surface area contributed by atoms with Gasteiger partial charge in [0.2, 0.25) is 5.91 Å². The van der Waals surface area contributed by atoms with E-state index in [9.17, 15) is 4.79 Å². The van der Waals surface area contributed by atoms with E-state index in [0.717, 1.165) is 24.3 Å². The van der Waals surface area contributed by atoms with Gasteiger partial charge in [-0.05, 0) is 31.9 Å². The number of rotatable bonds is 5. The van der Waals surface area contributed by atoms with E-state index in [1.807, 2.05) is 31.2 Å². The lowest BCUT2D eigenvalue weighted by Crippen LogP contribution is -2.36. The maximum Gasteiger partial charge on any atom is 0.233 e. The minimum atomic E-state index is -0.165. The molecule has 1 N–H and O–H groups in total. The standard InChI is InChI=1S/C14H18ClNO2S/c1-10(19-13-7-3-2-6-12(13)15)14(17)16-9-11-5-4-8-18-11/h2-3,6-7,10-11H,4-5,8-9H2,1H3,(H,16,17). The molecule has 104 valence electrons. The Labute approximate surface area is 123 Å². The number of thioether (sulfide) groups is 1. The molecule has 1 amide bonds. The first-order chi connectivity index (χ1) is 9.16. The maximum atomic E-state index is 12.0. The van der Waals surface area contributed by atoms with Crippen molar-refractivity contribution in [2.75, 3.05) is 13.2 Å². The second-order valence-corrected chi connectivity index (χ2v) is 6.36. The predicted molar refractivity (Wildman–Crippen MR) is 78.8 cm³/mol. The molecule has 1 aliphatic rings. The zero-order valence-electron chi connectivity index (χ0n) is 10.9. The first-order valence-corrected chi connectivity index (χ1v) is 7.73. The highest BCUT2D eigenvalue weighted by Gasteiger charge is 2.19. The van der Waals surface area contributed by atoms with Crippen LogP contribution in [0.3, 0.4) is 0 Å². The minimum Gasteiger partial charge on any atom is -0.376 e. The van der Waals surface area contributed by atoms with Gasteiger partial charge in [0, 0.05) is 18.0 Å². The van der Waals surface area contributed by atoms with Crippen LogP contribution in [0.2, 0.25) is 5.02 Å².